The standard InChI is InChI=1S/C6H11Br2Cl2O4P/c1-3-6(7,8)14-15(11,12)13-4-5(2,9)10/h3-4H2,1-2H3,(H,11,12). The third-order valence-electron chi connectivity index (χ3n) is 1.14. The van der Waals surface area contributed by atoms with Crippen molar-refractivity contribution in [2.24, 2.45) is 0 Å². The number of phosphoric ester groups is 1. The van der Waals surface area contributed by atoms with Gasteiger partial charge in [0, 0.05) is 0 Å². The van der Waals surface area contributed by atoms with E-state index < -0.39 is 15.6 Å². The Labute approximate surface area is 115 Å². The second-order valence-corrected chi connectivity index (χ2v) is 9.76. The quantitative estimate of drug-likeness (QED) is 0.529. The van der Waals surface area contributed by atoms with Crippen LogP contribution < -0.4 is 0 Å². The summed E-state index contributed by atoms with van der Waals surface area (Å²) in [5.74, 6) is 0. The molecule has 4 nitrogen and oxygen atoms in total. The first-order valence-corrected chi connectivity index (χ1v) is 7.75. The molecule has 0 amide bonds. The molecule has 0 saturated heterocycles. The minimum atomic E-state index is -4.19. The van der Waals surface area contributed by atoms with Gasteiger partial charge < -0.3 is 4.89 Å². The zero-order valence-corrected chi connectivity index (χ0v) is 13.6. The van der Waals surface area contributed by atoms with E-state index in [2.05, 4.69) is 36.4 Å². The first-order chi connectivity index (χ1) is 6.47. The van der Waals surface area contributed by atoms with Gasteiger partial charge in [0.1, 0.15) is 4.33 Å². The average molecular weight is 409 g/mol. The van der Waals surface area contributed by atoms with Crippen molar-refractivity contribution in [1.82, 2.24) is 0 Å². The molecule has 0 aliphatic heterocycles. The van der Waals surface area contributed by atoms with E-state index in [-0.39, 0.29) is 6.61 Å². The molecule has 0 heterocycles. The van der Waals surface area contributed by atoms with E-state index in [9.17, 15) is 9.46 Å². The predicted octanol–water partition coefficient (Wildman–Crippen LogP) is 4.17. The van der Waals surface area contributed by atoms with Gasteiger partial charge in [0.15, 0.2) is 3.42 Å². The fraction of sp³-hybridized carbons (Fsp3) is 1.00. The summed E-state index contributed by atoms with van der Waals surface area (Å²) in [6, 6.07) is 0. The minimum Gasteiger partial charge on any atom is -0.302 e. The topological polar surface area (TPSA) is 55.8 Å². The van der Waals surface area contributed by atoms with Crippen molar-refractivity contribution in [2.75, 3.05) is 6.61 Å². The Kier molecular flexibility index (Phi) is 6.67. The van der Waals surface area contributed by atoms with E-state index in [1.807, 2.05) is 0 Å². The van der Waals surface area contributed by atoms with Gasteiger partial charge in [-0.3, -0.25) is 9.05 Å². The number of rotatable bonds is 6. The van der Waals surface area contributed by atoms with Crippen LogP contribution in [0.25, 0.3) is 0 Å². The molecule has 0 fully saturated rings. The third kappa shape index (κ3) is 9.36. The van der Waals surface area contributed by atoms with E-state index >= 15 is 0 Å². The molecule has 0 aromatic heterocycles. The molecule has 0 spiro atoms. The molecule has 0 aromatic rings. The Morgan fingerprint density at radius 2 is 1.93 bits per heavy atom. The van der Waals surface area contributed by atoms with Crippen LogP contribution >= 0.6 is 62.9 Å². The first kappa shape index (κ1) is 16.6. The van der Waals surface area contributed by atoms with Crippen molar-refractivity contribution in [3.63, 3.8) is 0 Å². The summed E-state index contributed by atoms with van der Waals surface area (Å²) in [5.41, 5.74) is 0. The van der Waals surface area contributed by atoms with Crippen molar-refractivity contribution in [3.8, 4) is 0 Å². The molecule has 0 aliphatic rings. The van der Waals surface area contributed by atoms with Crippen LogP contribution in [0.4, 0.5) is 0 Å². The van der Waals surface area contributed by atoms with Crippen molar-refractivity contribution in [1.29, 1.82) is 0 Å². The number of alkyl halides is 4. The monoisotopic (exact) mass is 406 g/mol. The maximum absolute atomic E-state index is 11.4. The van der Waals surface area contributed by atoms with Crippen molar-refractivity contribution in [3.05, 3.63) is 0 Å². The Morgan fingerprint density at radius 1 is 1.47 bits per heavy atom. The fourth-order valence-electron chi connectivity index (χ4n) is 0.455. The average Bonchev–Trinajstić information content (AvgIpc) is 1.98. The molecule has 9 heteroatoms. The largest absolute Gasteiger partial charge is 0.474 e. The molecule has 0 aromatic carbocycles. The second kappa shape index (κ2) is 6.01. The van der Waals surface area contributed by atoms with Crippen LogP contribution in [0.15, 0.2) is 0 Å². The lowest BCUT2D eigenvalue weighted by Crippen LogP contribution is -2.19. The molecule has 1 N–H and O–H groups in total. The SMILES string of the molecule is CCC(Br)(Br)OP(=O)(O)OCC(C)(Cl)Cl. The zero-order valence-electron chi connectivity index (χ0n) is 8.05. The van der Waals surface area contributed by atoms with Gasteiger partial charge in [-0.2, -0.15) is 0 Å². The number of halogens is 4. The summed E-state index contributed by atoms with van der Waals surface area (Å²) in [4.78, 5) is 9.28. The second-order valence-electron chi connectivity index (χ2n) is 2.89. The Balaban J connectivity index is 4.27. The zero-order chi connectivity index (χ0) is 12.3. The first-order valence-electron chi connectivity index (χ1n) is 3.91. The van der Waals surface area contributed by atoms with Gasteiger partial charge in [-0.05, 0) is 45.2 Å². The highest BCUT2D eigenvalue weighted by Crippen LogP contribution is 2.52. The molecule has 92 valence electrons. The number of phosphoric acid groups is 1. The van der Waals surface area contributed by atoms with Crippen LogP contribution in [-0.4, -0.2) is 19.3 Å². The smallest absolute Gasteiger partial charge is 0.302 e. The molecule has 1 unspecified atom stereocenters. The summed E-state index contributed by atoms with van der Waals surface area (Å²) in [6.45, 7) is 2.87. The minimum absolute atomic E-state index is 0.316. The fourth-order valence-corrected chi connectivity index (χ4v) is 2.75. The molecule has 0 rings (SSSR count). The van der Waals surface area contributed by atoms with E-state index in [1.165, 1.54) is 6.92 Å². The number of hydrogen-bond donors (Lipinski definition) is 1. The highest BCUT2D eigenvalue weighted by Gasteiger charge is 2.35. The van der Waals surface area contributed by atoms with Crippen molar-refractivity contribution >= 4 is 62.9 Å². The highest BCUT2D eigenvalue weighted by atomic mass is 79.9. The molecule has 0 radical (unpaired) electrons. The lowest BCUT2D eigenvalue weighted by Gasteiger charge is -2.23. The molecule has 0 bridgehead atoms. The Hall–Kier alpha value is 1.65. The maximum atomic E-state index is 11.4. The Bertz CT molecular complexity index is 256. The molecule has 1 atom stereocenters. The third-order valence-corrected chi connectivity index (χ3v) is 4.30. The van der Waals surface area contributed by atoms with E-state index in [1.54, 1.807) is 6.92 Å². The summed E-state index contributed by atoms with van der Waals surface area (Å²) in [7, 11) is -4.19. The van der Waals surface area contributed by atoms with Crippen LogP contribution in [0, 0.1) is 0 Å². The molecular formula is C6H11Br2Cl2O4P. The van der Waals surface area contributed by atoms with Gasteiger partial charge in [-0.25, -0.2) is 4.57 Å². The summed E-state index contributed by atoms with van der Waals surface area (Å²) < 4.78 is 18.4. The predicted molar refractivity (Wildman–Crippen MR) is 67.8 cm³/mol. The van der Waals surface area contributed by atoms with E-state index in [0.717, 1.165) is 0 Å². The van der Waals surface area contributed by atoms with Gasteiger partial charge in [-0.1, -0.05) is 30.1 Å². The van der Waals surface area contributed by atoms with Crippen molar-refractivity contribution < 1.29 is 18.5 Å². The van der Waals surface area contributed by atoms with Gasteiger partial charge in [-0.15, -0.1) is 0 Å². The summed E-state index contributed by atoms with van der Waals surface area (Å²) >= 11 is 17.3. The van der Waals surface area contributed by atoms with E-state index in [4.69, 9.17) is 27.7 Å². The summed E-state index contributed by atoms with van der Waals surface area (Å²) in [5, 5.41) is 0. The van der Waals surface area contributed by atoms with Crippen LogP contribution in [0.5, 0.6) is 0 Å². The van der Waals surface area contributed by atoms with Gasteiger partial charge in [0.05, 0.1) is 6.61 Å². The Morgan fingerprint density at radius 3 is 2.27 bits per heavy atom. The van der Waals surface area contributed by atoms with E-state index in [0.29, 0.717) is 6.42 Å². The van der Waals surface area contributed by atoms with Crippen LogP contribution in [0.3, 0.4) is 0 Å². The molecule has 0 saturated carbocycles. The molecular weight excluding hydrogens is 398 g/mol. The van der Waals surface area contributed by atoms with Gasteiger partial charge in [0.25, 0.3) is 0 Å². The normalized spacial score (nSPS) is 17.5. The summed E-state index contributed by atoms with van der Waals surface area (Å²) in [6.07, 6.45) is 0.417. The molecule has 0 aliphatic carbocycles. The van der Waals surface area contributed by atoms with Crippen molar-refractivity contribution in [2.45, 2.75) is 28.0 Å². The van der Waals surface area contributed by atoms with Gasteiger partial charge in [0.2, 0.25) is 0 Å². The van der Waals surface area contributed by atoms with Crippen LogP contribution in [-0.2, 0) is 13.6 Å². The highest BCUT2D eigenvalue weighted by molar-refractivity contribution is 9.25. The lowest BCUT2D eigenvalue weighted by molar-refractivity contribution is 0.129. The lowest BCUT2D eigenvalue weighted by atomic mass is 10.5. The molecule has 15 heavy (non-hydrogen) atoms. The van der Waals surface area contributed by atoms with Crippen LogP contribution in [0.2, 0.25) is 0 Å². The number of hydrogen-bond acceptors (Lipinski definition) is 3. The van der Waals surface area contributed by atoms with Gasteiger partial charge >= 0.3 is 7.82 Å². The van der Waals surface area contributed by atoms with Crippen LogP contribution in [0.1, 0.15) is 20.3 Å². The maximum Gasteiger partial charge on any atom is 0.474 e.